The minimum absolute atomic E-state index is 0.264. The van der Waals surface area contributed by atoms with E-state index in [0.717, 1.165) is 18.2 Å². The first-order valence-electron chi connectivity index (χ1n) is 6.13. The van der Waals surface area contributed by atoms with Crippen LogP contribution in [0.4, 0.5) is 5.69 Å². The Morgan fingerprint density at radius 2 is 1.79 bits per heavy atom. The summed E-state index contributed by atoms with van der Waals surface area (Å²) in [5.74, 6) is 0. The Bertz CT molecular complexity index is 682. The highest BCUT2D eigenvalue weighted by Gasteiger charge is 2.22. The molecule has 0 radical (unpaired) electrons. The molecule has 0 aliphatic heterocycles. The van der Waals surface area contributed by atoms with Gasteiger partial charge in [0, 0.05) is 11.6 Å². The summed E-state index contributed by atoms with van der Waals surface area (Å²) in [4.78, 5) is 0. The van der Waals surface area contributed by atoms with Gasteiger partial charge in [-0.25, -0.2) is 5.21 Å². The fourth-order valence-electron chi connectivity index (χ4n) is 2.86. The van der Waals surface area contributed by atoms with Crippen molar-refractivity contribution in [2.75, 3.05) is 0 Å². The van der Waals surface area contributed by atoms with E-state index in [2.05, 4.69) is 5.16 Å². The molecule has 3 N–H and O–H groups in total. The second-order valence-electron chi connectivity index (χ2n) is 4.79. The van der Waals surface area contributed by atoms with Crippen LogP contribution in [0, 0.1) is 5.21 Å². The topological polar surface area (TPSA) is 80.3 Å². The molecule has 1 atom stereocenters. The van der Waals surface area contributed by atoms with Gasteiger partial charge in [0.25, 0.3) is 0 Å². The summed E-state index contributed by atoms with van der Waals surface area (Å²) < 4.78 is 0. The van der Waals surface area contributed by atoms with E-state index >= 15 is 0 Å². The molecule has 0 amide bonds. The highest BCUT2D eigenvalue weighted by Crippen LogP contribution is 2.36. The maximum absolute atomic E-state index is 11.4. The second kappa shape index (κ2) is 4.31. The van der Waals surface area contributed by atoms with Crippen LogP contribution >= 0.6 is 0 Å². The predicted octanol–water partition coefficient (Wildman–Crippen LogP) is 1.54. The molecule has 0 saturated heterocycles. The SMILES string of the molecule is C/C(=N\O)c1ccc2c3c(ccc([NH+]([O-])O)c13)CC2. The molecule has 0 saturated carbocycles. The van der Waals surface area contributed by atoms with Crippen molar-refractivity contribution in [2.45, 2.75) is 19.8 Å². The van der Waals surface area contributed by atoms with E-state index in [1.54, 1.807) is 13.0 Å². The molecular weight excluding hydrogens is 244 g/mol. The van der Waals surface area contributed by atoms with E-state index in [0.29, 0.717) is 16.7 Å². The predicted molar refractivity (Wildman–Crippen MR) is 71.1 cm³/mol. The van der Waals surface area contributed by atoms with E-state index in [1.807, 2.05) is 18.2 Å². The molecule has 0 heterocycles. The number of aryl methyl sites for hydroxylation is 2. The minimum atomic E-state index is -0.956. The molecule has 0 aromatic heterocycles. The van der Waals surface area contributed by atoms with Crippen LogP contribution in [0.15, 0.2) is 29.4 Å². The standard InChI is InChI=1S/C14H14N2O3/c1-8(15-17)11-6-4-9-2-3-10-5-7-12(16(18)19)14(11)13(9)10/h4-7,16-18H,2-3H2,1H3/b15-8+. The number of oxime groups is 1. The van der Waals surface area contributed by atoms with Crippen molar-refractivity contribution in [2.24, 2.45) is 5.16 Å². The van der Waals surface area contributed by atoms with Crippen LogP contribution in [-0.2, 0) is 12.8 Å². The van der Waals surface area contributed by atoms with Crippen molar-refractivity contribution >= 4 is 22.2 Å². The number of nitrogens with zero attached hydrogens (tertiary/aromatic N) is 1. The van der Waals surface area contributed by atoms with E-state index in [-0.39, 0.29) is 5.69 Å². The van der Waals surface area contributed by atoms with E-state index < -0.39 is 5.23 Å². The van der Waals surface area contributed by atoms with Crippen LogP contribution in [0.3, 0.4) is 0 Å². The van der Waals surface area contributed by atoms with Crippen LogP contribution in [0.25, 0.3) is 10.8 Å². The largest absolute Gasteiger partial charge is 0.595 e. The number of hydrogen-bond acceptors (Lipinski definition) is 4. The Hall–Kier alpha value is -1.95. The summed E-state index contributed by atoms with van der Waals surface area (Å²) in [6, 6.07) is 7.36. The average Bonchev–Trinajstić information content (AvgIpc) is 2.83. The first-order valence-corrected chi connectivity index (χ1v) is 6.13. The van der Waals surface area contributed by atoms with Crippen LogP contribution < -0.4 is 5.23 Å². The summed E-state index contributed by atoms with van der Waals surface area (Å²) in [6.07, 6.45) is 1.87. The minimum Gasteiger partial charge on any atom is -0.595 e. The molecule has 0 fully saturated rings. The van der Waals surface area contributed by atoms with Gasteiger partial charge in [-0.3, -0.25) is 0 Å². The fraction of sp³-hybridized carbons (Fsp3) is 0.214. The van der Waals surface area contributed by atoms with Crippen molar-refractivity contribution in [3.8, 4) is 0 Å². The van der Waals surface area contributed by atoms with Gasteiger partial charge in [-0.2, -0.15) is 5.23 Å². The zero-order valence-electron chi connectivity index (χ0n) is 10.5. The molecule has 3 rings (SSSR count). The third-order valence-electron chi connectivity index (χ3n) is 3.77. The van der Waals surface area contributed by atoms with Crippen molar-refractivity contribution < 1.29 is 15.6 Å². The molecule has 1 aliphatic carbocycles. The lowest BCUT2D eigenvalue weighted by atomic mass is 9.96. The number of quaternary nitrogens is 1. The molecule has 1 aliphatic rings. The van der Waals surface area contributed by atoms with Gasteiger partial charge >= 0.3 is 0 Å². The first kappa shape index (κ1) is 12.1. The van der Waals surface area contributed by atoms with Crippen molar-refractivity contribution in [3.63, 3.8) is 0 Å². The Balaban J connectivity index is 2.47. The van der Waals surface area contributed by atoms with Crippen molar-refractivity contribution in [3.05, 3.63) is 46.2 Å². The third kappa shape index (κ3) is 1.71. The maximum Gasteiger partial charge on any atom is 0.172 e. The summed E-state index contributed by atoms with van der Waals surface area (Å²) in [7, 11) is 0. The van der Waals surface area contributed by atoms with Crippen LogP contribution in [0.5, 0.6) is 0 Å². The van der Waals surface area contributed by atoms with E-state index in [1.165, 1.54) is 11.1 Å². The summed E-state index contributed by atoms with van der Waals surface area (Å²) in [5.41, 5.74) is 3.71. The van der Waals surface area contributed by atoms with E-state index in [9.17, 15) is 10.4 Å². The second-order valence-corrected chi connectivity index (χ2v) is 4.79. The number of hydrogen-bond donors (Lipinski definition) is 3. The van der Waals surface area contributed by atoms with Gasteiger partial charge < -0.3 is 10.4 Å². The summed E-state index contributed by atoms with van der Waals surface area (Å²) in [6.45, 7) is 1.67. The van der Waals surface area contributed by atoms with Crippen LogP contribution in [0.2, 0.25) is 0 Å². The highest BCUT2D eigenvalue weighted by molar-refractivity contribution is 6.14. The highest BCUT2D eigenvalue weighted by atomic mass is 16.8. The van der Waals surface area contributed by atoms with Crippen molar-refractivity contribution in [1.29, 1.82) is 0 Å². The summed E-state index contributed by atoms with van der Waals surface area (Å²) in [5, 5.41) is 33.7. The quantitative estimate of drug-likeness (QED) is 0.434. The van der Waals surface area contributed by atoms with Crippen LogP contribution in [0.1, 0.15) is 23.6 Å². The zero-order valence-corrected chi connectivity index (χ0v) is 10.5. The third-order valence-corrected chi connectivity index (χ3v) is 3.77. The van der Waals surface area contributed by atoms with Crippen LogP contribution in [-0.4, -0.2) is 16.1 Å². The summed E-state index contributed by atoms with van der Waals surface area (Å²) >= 11 is 0. The Morgan fingerprint density at radius 1 is 1.16 bits per heavy atom. The van der Waals surface area contributed by atoms with Gasteiger partial charge in [-0.15, -0.1) is 0 Å². The van der Waals surface area contributed by atoms with Gasteiger partial charge in [0.2, 0.25) is 0 Å². The molecule has 0 bridgehead atoms. The Kier molecular flexibility index (Phi) is 2.74. The number of benzene rings is 2. The fourth-order valence-corrected chi connectivity index (χ4v) is 2.86. The average molecular weight is 258 g/mol. The molecule has 5 nitrogen and oxygen atoms in total. The number of rotatable bonds is 2. The van der Waals surface area contributed by atoms with Gasteiger partial charge in [0.1, 0.15) is 0 Å². The lowest BCUT2D eigenvalue weighted by molar-refractivity contribution is -0.990. The molecule has 1 unspecified atom stereocenters. The molecule has 0 spiro atoms. The molecule has 19 heavy (non-hydrogen) atoms. The lowest BCUT2D eigenvalue weighted by Crippen LogP contribution is -2.99. The zero-order chi connectivity index (χ0) is 13.6. The maximum atomic E-state index is 11.4. The molecule has 2 aromatic carbocycles. The Labute approximate surface area is 109 Å². The van der Waals surface area contributed by atoms with Gasteiger partial charge in [-0.05, 0) is 36.3 Å². The monoisotopic (exact) mass is 258 g/mol. The molecular formula is C14H14N2O3. The molecule has 2 aromatic rings. The van der Waals surface area contributed by atoms with Gasteiger partial charge in [0.05, 0.1) is 11.1 Å². The molecule has 98 valence electrons. The van der Waals surface area contributed by atoms with Gasteiger partial charge in [0.15, 0.2) is 5.69 Å². The van der Waals surface area contributed by atoms with E-state index in [4.69, 9.17) is 5.21 Å². The lowest BCUT2D eigenvalue weighted by Gasteiger charge is -2.17. The smallest absolute Gasteiger partial charge is 0.172 e. The first-order chi connectivity index (χ1) is 9.13. The number of nitrogens with one attached hydrogen (secondary N) is 1. The van der Waals surface area contributed by atoms with Crippen molar-refractivity contribution in [1.82, 2.24) is 0 Å². The molecule has 5 heteroatoms. The Morgan fingerprint density at radius 3 is 2.37 bits per heavy atom. The normalized spacial score (nSPS) is 16.1. The van der Waals surface area contributed by atoms with Gasteiger partial charge in [-0.1, -0.05) is 23.4 Å².